The van der Waals surface area contributed by atoms with Crippen LogP contribution in [0.15, 0.2) is 84.7 Å². The lowest BCUT2D eigenvalue weighted by molar-refractivity contribution is -0.140. The molecule has 1 atom stereocenters. The van der Waals surface area contributed by atoms with Gasteiger partial charge in [0.25, 0.3) is 11.7 Å². The molecular weight excluding hydrogens is 392 g/mol. The molecule has 1 aliphatic rings. The Bertz CT molecular complexity index is 1110. The van der Waals surface area contributed by atoms with E-state index in [2.05, 4.69) is 4.98 Å². The lowest BCUT2D eigenvalue weighted by Crippen LogP contribution is -2.29. The third-order valence-electron chi connectivity index (χ3n) is 5.17. The average molecular weight is 414 g/mol. The van der Waals surface area contributed by atoms with Gasteiger partial charge in [0, 0.05) is 24.5 Å². The van der Waals surface area contributed by atoms with Crippen molar-refractivity contribution >= 4 is 17.4 Å². The first-order valence-electron chi connectivity index (χ1n) is 10.1. The van der Waals surface area contributed by atoms with Crippen LogP contribution >= 0.6 is 0 Å². The molecule has 31 heavy (non-hydrogen) atoms. The highest BCUT2D eigenvalue weighted by Crippen LogP contribution is 2.40. The molecule has 6 heteroatoms. The number of rotatable bonds is 6. The summed E-state index contributed by atoms with van der Waals surface area (Å²) in [6, 6.07) is 18.9. The van der Waals surface area contributed by atoms with Crippen LogP contribution in [0.3, 0.4) is 0 Å². The second kappa shape index (κ2) is 8.83. The highest BCUT2D eigenvalue weighted by Gasteiger charge is 2.46. The number of ether oxygens (including phenoxy) is 1. The summed E-state index contributed by atoms with van der Waals surface area (Å²) in [7, 11) is 0. The molecule has 1 aromatic heterocycles. The van der Waals surface area contributed by atoms with E-state index in [0.29, 0.717) is 23.5 Å². The first kappa shape index (κ1) is 20.3. The molecule has 1 aliphatic heterocycles. The Morgan fingerprint density at radius 2 is 1.77 bits per heavy atom. The van der Waals surface area contributed by atoms with Crippen LogP contribution in [0, 0.1) is 0 Å². The van der Waals surface area contributed by atoms with Crippen molar-refractivity contribution in [3.05, 3.63) is 101 Å². The van der Waals surface area contributed by atoms with Crippen LogP contribution < -0.4 is 4.74 Å². The van der Waals surface area contributed by atoms with Crippen LogP contribution in [0.2, 0.25) is 0 Å². The van der Waals surface area contributed by atoms with Crippen LogP contribution in [0.5, 0.6) is 5.75 Å². The third-order valence-corrected chi connectivity index (χ3v) is 5.17. The number of Topliss-reactive ketones (excluding diaryl/α,β-unsaturated/α-hetero) is 1. The molecule has 0 spiro atoms. The van der Waals surface area contributed by atoms with Gasteiger partial charge in [-0.25, -0.2) is 0 Å². The van der Waals surface area contributed by atoms with Crippen LogP contribution in [-0.4, -0.2) is 33.3 Å². The number of nitrogens with zero attached hydrogens (tertiary/aromatic N) is 2. The molecule has 1 N–H and O–H groups in total. The molecular formula is C25H22N2O4. The van der Waals surface area contributed by atoms with E-state index in [9.17, 15) is 14.7 Å². The van der Waals surface area contributed by atoms with Gasteiger partial charge in [0.1, 0.15) is 11.5 Å². The maximum atomic E-state index is 13.0. The van der Waals surface area contributed by atoms with Crippen molar-refractivity contribution in [1.29, 1.82) is 0 Å². The summed E-state index contributed by atoms with van der Waals surface area (Å²) in [5.41, 5.74) is 2.06. The summed E-state index contributed by atoms with van der Waals surface area (Å²) < 4.78 is 5.51. The topological polar surface area (TPSA) is 79.7 Å². The molecule has 2 aromatic carbocycles. The molecule has 6 nitrogen and oxygen atoms in total. The largest absolute Gasteiger partial charge is 0.507 e. The fourth-order valence-electron chi connectivity index (χ4n) is 3.74. The molecule has 1 fully saturated rings. The monoisotopic (exact) mass is 414 g/mol. The van der Waals surface area contributed by atoms with Crippen molar-refractivity contribution < 1.29 is 19.4 Å². The Hall–Kier alpha value is -3.93. The minimum absolute atomic E-state index is 0.0734. The summed E-state index contributed by atoms with van der Waals surface area (Å²) in [6.07, 6.45) is 3.31. The van der Waals surface area contributed by atoms with Gasteiger partial charge in [0.15, 0.2) is 0 Å². The van der Waals surface area contributed by atoms with Crippen LogP contribution in [0.25, 0.3) is 5.76 Å². The molecule has 0 bridgehead atoms. The van der Waals surface area contributed by atoms with Crippen molar-refractivity contribution in [3.8, 4) is 5.75 Å². The maximum absolute atomic E-state index is 13.0. The van der Waals surface area contributed by atoms with Gasteiger partial charge >= 0.3 is 0 Å². The molecule has 2 heterocycles. The number of pyridine rings is 1. The maximum Gasteiger partial charge on any atom is 0.295 e. The zero-order valence-electron chi connectivity index (χ0n) is 17.1. The van der Waals surface area contributed by atoms with E-state index in [-0.39, 0.29) is 17.9 Å². The summed E-state index contributed by atoms with van der Waals surface area (Å²) in [4.78, 5) is 31.6. The van der Waals surface area contributed by atoms with E-state index < -0.39 is 17.7 Å². The van der Waals surface area contributed by atoms with Gasteiger partial charge in [-0.15, -0.1) is 0 Å². The van der Waals surface area contributed by atoms with Crippen molar-refractivity contribution in [3.63, 3.8) is 0 Å². The van der Waals surface area contributed by atoms with Gasteiger partial charge in [-0.3, -0.25) is 14.6 Å². The predicted octanol–water partition coefficient (Wildman–Crippen LogP) is 4.10. The van der Waals surface area contributed by atoms with Crippen LogP contribution in [0.1, 0.15) is 29.7 Å². The van der Waals surface area contributed by atoms with E-state index in [1.807, 2.05) is 31.2 Å². The second-order valence-electron chi connectivity index (χ2n) is 7.16. The Balaban J connectivity index is 1.82. The predicted molar refractivity (Wildman–Crippen MR) is 116 cm³/mol. The number of hydrogen-bond donors (Lipinski definition) is 1. The molecule has 0 aliphatic carbocycles. The normalized spacial score (nSPS) is 17.7. The van der Waals surface area contributed by atoms with Crippen molar-refractivity contribution in [2.75, 3.05) is 6.61 Å². The number of carbonyl (C=O) groups excluding carboxylic acids is 2. The van der Waals surface area contributed by atoms with Crippen molar-refractivity contribution in [2.45, 2.75) is 19.5 Å². The quantitative estimate of drug-likeness (QED) is 0.373. The number of ketones is 1. The van der Waals surface area contributed by atoms with E-state index in [4.69, 9.17) is 4.74 Å². The SMILES string of the molecule is CCOc1ccc(C2/C(=C(\O)c3ccccc3)C(=O)C(=O)N2Cc2cccnc2)cc1. The highest BCUT2D eigenvalue weighted by atomic mass is 16.5. The lowest BCUT2D eigenvalue weighted by Gasteiger charge is -2.25. The zero-order valence-corrected chi connectivity index (χ0v) is 17.1. The van der Waals surface area contributed by atoms with Gasteiger partial charge in [0.05, 0.1) is 18.2 Å². The van der Waals surface area contributed by atoms with Crippen molar-refractivity contribution in [2.24, 2.45) is 0 Å². The second-order valence-corrected chi connectivity index (χ2v) is 7.16. The number of aliphatic hydroxyl groups is 1. The van der Waals surface area contributed by atoms with Gasteiger partial charge in [-0.05, 0) is 36.2 Å². The average Bonchev–Trinajstić information content (AvgIpc) is 3.05. The Morgan fingerprint density at radius 1 is 1.03 bits per heavy atom. The van der Waals surface area contributed by atoms with Gasteiger partial charge in [-0.2, -0.15) is 0 Å². The number of aliphatic hydroxyl groups excluding tert-OH is 1. The number of amides is 1. The number of benzene rings is 2. The number of aromatic nitrogens is 1. The molecule has 0 radical (unpaired) electrons. The minimum Gasteiger partial charge on any atom is -0.507 e. The summed E-state index contributed by atoms with van der Waals surface area (Å²) in [6.45, 7) is 2.63. The zero-order chi connectivity index (χ0) is 21.8. The fraction of sp³-hybridized carbons (Fsp3) is 0.160. The number of likely N-dealkylation sites (tertiary alicyclic amines) is 1. The minimum atomic E-state index is -0.726. The van der Waals surface area contributed by atoms with E-state index in [0.717, 1.165) is 5.56 Å². The third kappa shape index (κ3) is 4.05. The molecule has 1 unspecified atom stereocenters. The first-order chi connectivity index (χ1) is 15.1. The highest BCUT2D eigenvalue weighted by molar-refractivity contribution is 6.46. The molecule has 0 saturated carbocycles. The molecule has 156 valence electrons. The van der Waals surface area contributed by atoms with Crippen molar-refractivity contribution in [1.82, 2.24) is 9.88 Å². The Morgan fingerprint density at radius 3 is 2.42 bits per heavy atom. The van der Waals surface area contributed by atoms with E-state index in [1.54, 1.807) is 54.9 Å². The fourth-order valence-corrected chi connectivity index (χ4v) is 3.74. The molecule has 1 amide bonds. The summed E-state index contributed by atoms with van der Waals surface area (Å²) >= 11 is 0. The Kier molecular flexibility index (Phi) is 5.80. The summed E-state index contributed by atoms with van der Waals surface area (Å²) in [5, 5.41) is 11.0. The standard InChI is InChI=1S/C25H22N2O4/c1-2-31-20-12-10-18(11-13-20)22-21(23(28)19-8-4-3-5-9-19)24(29)25(30)27(22)16-17-7-6-14-26-15-17/h3-15,22,28H,2,16H2,1H3/b23-21+. The van der Waals surface area contributed by atoms with Crippen LogP contribution in [0.4, 0.5) is 0 Å². The molecule has 1 saturated heterocycles. The van der Waals surface area contributed by atoms with Gasteiger partial charge in [-0.1, -0.05) is 48.5 Å². The summed E-state index contributed by atoms with van der Waals surface area (Å²) in [5.74, 6) is -0.852. The lowest BCUT2D eigenvalue weighted by atomic mass is 9.95. The first-order valence-corrected chi connectivity index (χ1v) is 10.1. The smallest absolute Gasteiger partial charge is 0.295 e. The van der Waals surface area contributed by atoms with Gasteiger partial charge < -0.3 is 14.7 Å². The number of hydrogen-bond acceptors (Lipinski definition) is 5. The van der Waals surface area contributed by atoms with E-state index in [1.165, 1.54) is 4.90 Å². The number of carbonyl (C=O) groups is 2. The molecule has 3 aromatic rings. The van der Waals surface area contributed by atoms with Crippen LogP contribution in [-0.2, 0) is 16.1 Å². The van der Waals surface area contributed by atoms with Gasteiger partial charge in [0.2, 0.25) is 0 Å². The van der Waals surface area contributed by atoms with E-state index >= 15 is 0 Å². The Labute approximate surface area is 180 Å². The molecule has 4 rings (SSSR count).